The quantitative estimate of drug-likeness (QED) is 0.682. The predicted octanol–water partition coefficient (Wildman–Crippen LogP) is 3.33. The summed E-state index contributed by atoms with van der Waals surface area (Å²) in [7, 11) is 0. The van der Waals surface area contributed by atoms with Gasteiger partial charge in [0.2, 0.25) is 6.43 Å². The minimum absolute atomic E-state index is 0. The number of nitrogens with two attached hydrogens (primary N) is 1. The fourth-order valence-electron chi connectivity index (χ4n) is 1.31. The number of nitro groups is 1. The van der Waals surface area contributed by atoms with Gasteiger partial charge >= 0.3 is 0 Å². The van der Waals surface area contributed by atoms with Gasteiger partial charge in [0.05, 0.1) is 4.92 Å². The lowest BCUT2D eigenvalue weighted by atomic mass is 10.0. The zero-order chi connectivity index (χ0) is 12.3. The first-order chi connectivity index (χ1) is 7.41. The van der Waals surface area contributed by atoms with Crippen molar-refractivity contribution in [3.05, 3.63) is 38.9 Å². The van der Waals surface area contributed by atoms with Gasteiger partial charge in [0.1, 0.15) is 0 Å². The van der Waals surface area contributed by atoms with E-state index in [2.05, 4.69) is 0 Å². The summed E-state index contributed by atoms with van der Waals surface area (Å²) in [5, 5.41) is 10.9. The molecule has 0 aliphatic rings. The number of halogens is 4. The number of hydrogen-bond acceptors (Lipinski definition) is 3. The molecule has 0 radical (unpaired) electrons. The van der Waals surface area contributed by atoms with E-state index in [4.69, 9.17) is 17.3 Å². The molecule has 1 atom stereocenters. The molecule has 0 aromatic heterocycles. The highest BCUT2D eigenvalue weighted by Crippen LogP contribution is 2.29. The molecule has 0 heterocycles. The largest absolute Gasteiger partial charge is 0.324 e. The maximum Gasteiger partial charge on any atom is 0.274 e. The lowest BCUT2D eigenvalue weighted by molar-refractivity contribution is -0.385. The maximum atomic E-state index is 12.1. The Morgan fingerprint density at radius 2 is 2.06 bits per heavy atom. The van der Waals surface area contributed by atoms with E-state index < -0.39 is 23.8 Å². The lowest BCUT2D eigenvalue weighted by Crippen LogP contribution is -2.15. The molecule has 0 unspecified atom stereocenters. The number of hydrogen-bond donors (Lipinski definition) is 1. The Morgan fingerprint density at radius 1 is 1.47 bits per heavy atom. The van der Waals surface area contributed by atoms with Crippen LogP contribution in [-0.4, -0.2) is 11.3 Å². The van der Waals surface area contributed by atoms with Crippen LogP contribution in [0.1, 0.15) is 18.0 Å². The van der Waals surface area contributed by atoms with E-state index in [-0.39, 0.29) is 28.7 Å². The molecule has 0 saturated carbocycles. The summed E-state index contributed by atoms with van der Waals surface area (Å²) in [6.45, 7) is 0. The van der Waals surface area contributed by atoms with Gasteiger partial charge in [0, 0.05) is 29.1 Å². The van der Waals surface area contributed by atoms with Crippen LogP contribution in [0, 0.1) is 10.1 Å². The fraction of sp³-hybridized carbons (Fsp3) is 0.333. The van der Waals surface area contributed by atoms with Gasteiger partial charge in [-0.25, -0.2) is 8.78 Å². The molecule has 0 aliphatic heterocycles. The van der Waals surface area contributed by atoms with Crippen molar-refractivity contribution in [2.24, 2.45) is 5.73 Å². The molecule has 0 fully saturated rings. The van der Waals surface area contributed by atoms with E-state index in [1.165, 1.54) is 12.1 Å². The minimum atomic E-state index is -2.62. The van der Waals surface area contributed by atoms with Crippen LogP contribution in [0.25, 0.3) is 0 Å². The summed E-state index contributed by atoms with van der Waals surface area (Å²) in [5.41, 5.74) is 5.19. The highest BCUT2D eigenvalue weighted by atomic mass is 35.5. The third-order valence-corrected chi connectivity index (χ3v) is 2.25. The molecule has 96 valence electrons. The summed E-state index contributed by atoms with van der Waals surface area (Å²) in [5.74, 6) is 0. The maximum absolute atomic E-state index is 12.1. The highest BCUT2D eigenvalue weighted by Gasteiger charge is 2.22. The minimum Gasteiger partial charge on any atom is -0.324 e. The van der Waals surface area contributed by atoms with Crippen molar-refractivity contribution < 1.29 is 13.7 Å². The van der Waals surface area contributed by atoms with Crippen LogP contribution >= 0.6 is 24.0 Å². The number of nitro benzene ring substituents is 1. The van der Waals surface area contributed by atoms with Crippen LogP contribution in [0.2, 0.25) is 5.02 Å². The standard InChI is InChI=1S/C9H9ClF2N2O2.ClH/c10-5-1-2-8(14(15)16)6(3-5)7(13)4-9(11)12;/h1-3,7,9H,4,13H2;1H/t7-;/m0./s1. The SMILES string of the molecule is Cl.N[C@@H](CC(F)F)c1cc(Cl)ccc1[N+](=O)[O-]. The van der Waals surface area contributed by atoms with Crippen molar-refractivity contribution in [1.82, 2.24) is 0 Å². The monoisotopic (exact) mass is 286 g/mol. The van der Waals surface area contributed by atoms with E-state index in [1.54, 1.807) is 0 Å². The van der Waals surface area contributed by atoms with Crippen molar-refractivity contribution >= 4 is 29.7 Å². The molecular formula is C9H10Cl2F2N2O2. The molecule has 0 aliphatic carbocycles. The molecule has 0 saturated heterocycles. The molecule has 1 aromatic rings. The first-order valence-electron chi connectivity index (χ1n) is 4.39. The van der Waals surface area contributed by atoms with Crippen LogP contribution in [0.15, 0.2) is 18.2 Å². The third-order valence-electron chi connectivity index (χ3n) is 2.02. The molecular weight excluding hydrogens is 277 g/mol. The lowest BCUT2D eigenvalue weighted by Gasteiger charge is -2.11. The second kappa shape index (κ2) is 6.68. The van der Waals surface area contributed by atoms with Crippen LogP contribution in [0.5, 0.6) is 0 Å². The Hall–Kier alpha value is -0.980. The third kappa shape index (κ3) is 4.41. The number of rotatable bonds is 4. The van der Waals surface area contributed by atoms with E-state index in [0.29, 0.717) is 0 Å². The first kappa shape index (κ1) is 16.0. The zero-order valence-corrected chi connectivity index (χ0v) is 10.0. The topological polar surface area (TPSA) is 69.2 Å². The number of benzene rings is 1. The molecule has 2 N–H and O–H groups in total. The molecule has 0 spiro atoms. The van der Waals surface area contributed by atoms with E-state index in [1.807, 2.05) is 0 Å². The number of alkyl halides is 2. The molecule has 4 nitrogen and oxygen atoms in total. The average Bonchev–Trinajstić information content (AvgIpc) is 2.15. The van der Waals surface area contributed by atoms with Crippen LogP contribution in [0.4, 0.5) is 14.5 Å². The van der Waals surface area contributed by atoms with E-state index in [9.17, 15) is 18.9 Å². The van der Waals surface area contributed by atoms with Crippen molar-refractivity contribution in [2.75, 3.05) is 0 Å². The Bertz CT molecular complexity index is 405. The zero-order valence-electron chi connectivity index (χ0n) is 8.48. The Morgan fingerprint density at radius 3 is 2.53 bits per heavy atom. The van der Waals surface area contributed by atoms with Gasteiger partial charge in [-0.05, 0) is 12.1 Å². The summed E-state index contributed by atoms with van der Waals surface area (Å²) >= 11 is 5.64. The van der Waals surface area contributed by atoms with E-state index >= 15 is 0 Å². The average molecular weight is 287 g/mol. The number of nitrogens with zero attached hydrogens (tertiary/aromatic N) is 1. The first-order valence-corrected chi connectivity index (χ1v) is 4.77. The molecule has 1 aromatic carbocycles. The van der Waals surface area contributed by atoms with E-state index in [0.717, 1.165) is 6.07 Å². The Labute approximate surface area is 107 Å². The molecule has 8 heteroatoms. The summed E-state index contributed by atoms with van der Waals surface area (Å²) in [6.07, 6.45) is -3.25. The summed E-state index contributed by atoms with van der Waals surface area (Å²) in [4.78, 5) is 9.97. The van der Waals surface area contributed by atoms with Gasteiger partial charge < -0.3 is 5.73 Å². The smallest absolute Gasteiger partial charge is 0.274 e. The van der Waals surface area contributed by atoms with Crippen molar-refractivity contribution in [1.29, 1.82) is 0 Å². The Kier molecular flexibility index (Phi) is 6.30. The molecule has 17 heavy (non-hydrogen) atoms. The predicted molar refractivity (Wildman–Crippen MR) is 62.9 cm³/mol. The van der Waals surface area contributed by atoms with Gasteiger partial charge in [-0.15, -0.1) is 12.4 Å². The van der Waals surface area contributed by atoms with Crippen LogP contribution in [0.3, 0.4) is 0 Å². The second-order valence-corrected chi connectivity index (χ2v) is 3.63. The molecule has 1 rings (SSSR count). The highest BCUT2D eigenvalue weighted by molar-refractivity contribution is 6.30. The molecule has 0 bridgehead atoms. The summed E-state index contributed by atoms with van der Waals surface area (Å²) < 4.78 is 24.2. The van der Waals surface area contributed by atoms with Crippen molar-refractivity contribution in [3.63, 3.8) is 0 Å². The van der Waals surface area contributed by atoms with Crippen molar-refractivity contribution in [2.45, 2.75) is 18.9 Å². The van der Waals surface area contributed by atoms with Crippen LogP contribution in [-0.2, 0) is 0 Å². The molecule has 0 amide bonds. The fourth-order valence-corrected chi connectivity index (χ4v) is 1.49. The van der Waals surface area contributed by atoms with Gasteiger partial charge in [-0.1, -0.05) is 11.6 Å². The van der Waals surface area contributed by atoms with Gasteiger partial charge in [-0.3, -0.25) is 10.1 Å². The second-order valence-electron chi connectivity index (χ2n) is 3.19. The van der Waals surface area contributed by atoms with Gasteiger partial charge in [-0.2, -0.15) is 0 Å². The summed E-state index contributed by atoms with van der Waals surface area (Å²) in [6, 6.07) is 2.62. The van der Waals surface area contributed by atoms with Crippen LogP contribution < -0.4 is 5.73 Å². The van der Waals surface area contributed by atoms with Gasteiger partial charge in [0.15, 0.2) is 0 Å². The normalized spacial score (nSPS) is 12.1. The van der Waals surface area contributed by atoms with Gasteiger partial charge in [0.25, 0.3) is 5.69 Å². The van der Waals surface area contributed by atoms with Crippen molar-refractivity contribution in [3.8, 4) is 0 Å². The Balaban J connectivity index is 0.00000256.